The minimum atomic E-state index is -1.95. The molecule has 0 radical (unpaired) electrons. The number of carbonyl (C=O) groups excluding carboxylic acids is 2. The molecular formula is C34H44O22S. The van der Waals surface area contributed by atoms with Gasteiger partial charge in [-0.2, -0.15) is 0 Å². The summed E-state index contributed by atoms with van der Waals surface area (Å²) in [5, 5.41) is 113. The molecule has 4 heterocycles. The molecular weight excluding hydrogens is 792 g/mol. The number of hydrogen-bond acceptors (Lipinski definition) is 22. The molecule has 0 aromatic carbocycles. The van der Waals surface area contributed by atoms with Gasteiger partial charge in [0.15, 0.2) is 12.6 Å². The van der Waals surface area contributed by atoms with Crippen LogP contribution in [0.2, 0.25) is 0 Å². The predicted octanol–water partition coefficient (Wildman–Crippen LogP) is -4.71. The number of esters is 1. The fourth-order valence-corrected chi connectivity index (χ4v) is 7.95. The summed E-state index contributed by atoms with van der Waals surface area (Å²) in [5.41, 5.74) is -0.245. The average Bonchev–Trinajstić information content (AvgIpc) is 3.72. The van der Waals surface area contributed by atoms with E-state index in [4.69, 9.17) is 37.9 Å². The lowest BCUT2D eigenvalue weighted by atomic mass is 9.82. The Morgan fingerprint density at radius 1 is 0.649 bits per heavy atom. The number of hydrogen-bond donors (Lipinski definition) is 11. The molecule has 0 aromatic rings. The highest BCUT2D eigenvalue weighted by atomic mass is 32.2. The van der Waals surface area contributed by atoms with Gasteiger partial charge in [-0.05, 0) is 29.2 Å². The summed E-state index contributed by atoms with van der Waals surface area (Å²) in [6, 6.07) is 0. The van der Waals surface area contributed by atoms with Crippen molar-refractivity contribution in [3.05, 3.63) is 47.0 Å². The molecule has 0 aromatic heterocycles. The highest BCUT2D eigenvalue weighted by Crippen LogP contribution is 2.46. The van der Waals surface area contributed by atoms with Gasteiger partial charge in [0.1, 0.15) is 62.0 Å². The first-order chi connectivity index (χ1) is 27.1. The van der Waals surface area contributed by atoms with Crippen LogP contribution < -0.4 is 0 Å². The van der Waals surface area contributed by atoms with E-state index in [9.17, 15) is 70.6 Å². The lowest BCUT2D eigenvalue weighted by molar-refractivity contribution is -0.341. The normalized spacial score (nSPS) is 42.6. The van der Waals surface area contributed by atoms with Crippen molar-refractivity contribution < 1.29 is 108 Å². The van der Waals surface area contributed by atoms with Crippen molar-refractivity contribution in [1.82, 2.24) is 0 Å². The van der Waals surface area contributed by atoms with E-state index in [-0.39, 0.29) is 22.3 Å². The van der Waals surface area contributed by atoms with Crippen LogP contribution in [0.3, 0.4) is 0 Å². The molecule has 57 heavy (non-hydrogen) atoms. The minimum Gasteiger partial charge on any atom is -0.478 e. The third-order valence-corrected chi connectivity index (χ3v) is 11.2. The van der Waals surface area contributed by atoms with Crippen molar-refractivity contribution in [2.24, 2.45) is 23.7 Å². The minimum absolute atomic E-state index is 0.164. The first kappa shape index (κ1) is 43.3. The molecule has 2 unspecified atom stereocenters. The van der Waals surface area contributed by atoms with E-state index in [1.165, 1.54) is 18.4 Å². The van der Waals surface area contributed by atoms with Gasteiger partial charge < -0.3 is 94.1 Å². The molecule has 0 spiro atoms. The van der Waals surface area contributed by atoms with E-state index < -0.39 is 154 Å². The maximum absolute atomic E-state index is 13.6. The molecule has 6 aliphatic rings. The number of carbonyl (C=O) groups is 3. The van der Waals surface area contributed by atoms with Gasteiger partial charge in [0.2, 0.25) is 12.6 Å². The zero-order valence-electron chi connectivity index (χ0n) is 29.8. The Balaban J connectivity index is 1.17. The number of carboxylic acids is 1. The molecule has 6 rings (SSSR count). The van der Waals surface area contributed by atoms with Crippen molar-refractivity contribution in [2.75, 3.05) is 32.7 Å². The number of aliphatic hydroxyl groups is 10. The highest BCUT2D eigenvalue weighted by Gasteiger charge is 2.54. The van der Waals surface area contributed by atoms with E-state index in [1.54, 1.807) is 0 Å². The Bertz CT molecular complexity index is 1630. The predicted molar refractivity (Wildman–Crippen MR) is 181 cm³/mol. The molecule has 0 saturated carbocycles. The fourth-order valence-electron chi connectivity index (χ4n) is 7.77. The van der Waals surface area contributed by atoms with Crippen molar-refractivity contribution in [3.8, 4) is 0 Å². The number of aliphatic carboxylic acids is 1. The van der Waals surface area contributed by atoms with Crippen LogP contribution in [0.15, 0.2) is 47.0 Å². The number of thioether (sulfide) groups is 1. The van der Waals surface area contributed by atoms with E-state index >= 15 is 0 Å². The number of rotatable bonds is 12. The lowest BCUT2D eigenvalue weighted by Crippen LogP contribution is -2.60. The molecule has 0 bridgehead atoms. The highest BCUT2D eigenvalue weighted by molar-refractivity contribution is 8.12. The van der Waals surface area contributed by atoms with Crippen LogP contribution in [-0.2, 0) is 47.5 Å². The topological polar surface area (TPSA) is 348 Å². The number of fused-ring (bicyclic) bond motifs is 2. The maximum atomic E-state index is 13.6. The van der Waals surface area contributed by atoms with E-state index in [1.807, 2.05) is 0 Å². The molecule has 22 nitrogen and oxygen atoms in total. The Labute approximate surface area is 326 Å². The standard InChI is InChI=1S/C34H44O22S/c1-57-34(48)52-6-11-3-15(38)21-13(8-51-31(19(11)21)56-32-26(43)24(41)22(39)16(5-36)53-32)29(47)49-9-17-23(40)25(42)27(44)33(54-17)55-30-18-10(4-35)2-14(37)20(18)12(7-50-30)28(45)46/h2-3,7-8,14-27,30-33,35-44H,4-6,9H2,1H3,(H,45,46)/t14-,15-,16+,17+,18?,19+,20?,21-,22+,23+,24-,25-,26+,27+,30-,31-,32-,33-/m0/s1. The van der Waals surface area contributed by atoms with Crippen LogP contribution in [0.1, 0.15) is 0 Å². The number of aliphatic hydroxyl groups excluding tert-OH is 10. The second kappa shape index (κ2) is 17.9. The van der Waals surface area contributed by atoms with Gasteiger partial charge in [-0.15, -0.1) is 0 Å². The molecule has 2 saturated heterocycles. The molecule has 0 amide bonds. The van der Waals surface area contributed by atoms with Crippen molar-refractivity contribution in [1.29, 1.82) is 0 Å². The van der Waals surface area contributed by atoms with Gasteiger partial charge in [-0.3, -0.25) is 0 Å². The zero-order chi connectivity index (χ0) is 41.5. The van der Waals surface area contributed by atoms with E-state index in [2.05, 4.69) is 0 Å². The Morgan fingerprint density at radius 3 is 1.70 bits per heavy atom. The molecule has 318 valence electrons. The molecule has 2 fully saturated rings. The summed E-state index contributed by atoms with van der Waals surface area (Å²) >= 11 is 0.758. The van der Waals surface area contributed by atoms with E-state index in [0.29, 0.717) is 0 Å². The quantitative estimate of drug-likeness (QED) is 0.0650. The molecule has 18 atom stereocenters. The van der Waals surface area contributed by atoms with Crippen molar-refractivity contribution in [2.45, 2.75) is 86.2 Å². The summed E-state index contributed by atoms with van der Waals surface area (Å²) in [7, 11) is 0. The molecule has 11 N–H and O–H groups in total. The third kappa shape index (κ3) is 8.46. The van der Waals surface area contributed by atoms with Gasteiger partial charge in [0.05, 0.1) is 60.9 Å². The summed E-state index contributed by atoms with van der Waals surface area (Å²) in [6.07, 6.45) is -17.6. The fraction of sp³-hybridized carbons (Fsp3) is 0.676. The molecule has 4 aliphatic heterocycles. The van der Waals surface area contributed by atoms with Crippen LogP contribution in [0, 0.1) is 23.7 Å². The van der Waals surface area contributed by atoms with Gasteiger partial charge in [0.25, 0.3) is 0 Å². The van der Waals surface area contributed by atoms with Crippen LogP contribution in [0.25, 0.3) is 0 Å². The van der Waals surface area contributed by atoms with Gasteiger partial charge >= 0.3 is 17.2 Å². The van der Waals surface area contributed by atoms with Crippen LogP contribution >= 0.6 is 11.8 Å². The smallest absolute Gasteiger partial charge is 0.367 e. The Hall–Kier alpha value is -3.24. The maximum Gasteiger partial charge on any atom is 0.367 e. The van der Waals surface area contributed by atoms with Crippen molar-refractivity contribution >= 4 is 29.0 Å². The van der Waals surface area contributed by atoms with Crippen LogP contribution in [0.5, 0.6) is 0 Å². The summed E-state index contributed by atoms with van der Waals surface area (Å²) in [6.45, 7) is -2.58. The second-order valence-corrected chi connectivity index (χ2v) is 14.8. The number of ether oxygens (including phenoxy) is 8. The summed E-state index contributed by atoms with van der Waals surface area (Å²) < 4.78 is 44.5. The Morgan fingerprint density at radius 2 is 1.16 bits per heavy atom. The Kier molecular flexibility index (Phi) is 13.6. The first-order valence-corrected chi connectivity index (χ1v) is 18.9. The SMILES string of the molecule is CSC(=O)OCC1=C[C@H](O)[C@@H]2C(C(=O)OC[C@H]3O[C@@H](O[C@@H]4OC=C(C(=O)O)C5C4C(CO)=C[C@@H]5O)[C@H](O)[C@@H](O)[C@@H]3O)=CO[C@@H](O[C@@H]3O[C@H](CO)[C@@H](O)[C@H](O)[C@H]3O)[C@H]12. The van der Waals surface area contributed by atoms with Crippen LogP contribution in [-0.4, -0.2) is 192 Å². The first-order valence-electron chi connectivity index (χ1n) is 17.6. The van der Waals surface area contributed by atoms with E-state index in [0.717, 1.165) is 24.3 Å². The molecule has 23 heteroatoms. The lowest BCUT2D eigenvalue weighted by Gasteiger charge is -2.43. The second-order valence-electron chi connectivity index (χ2n) is 14.0. The van der Waals surface area contributed by atoms with Crippen molar-refractivity contribution in [3.63, 3.8) is 0 Å². The van der Waals surface area contributed by atoms with Gasteiger partial charge in [-0.1, -0.05) is 12.2 Å². The van der Waals surface area contributed by atoms with Crippen LogP contribution in [0.4, 0.5) is 4.79 Å². The number of carboxylic acid groups (broad SMARTS) is 1. The summed E-state index contributed by atoms with van der Waals surface area (Å²) in [4.78, 5) is 37.4. The summed E-state index contributed by atoms with van der Waals surface area (Å²) in [5.74, 6) is -7.09. The van der Waals surface area contributed by atoms with Gasteiger partial charge in [-0.25, -0.2) is 14.4 Å². The largest absolute Gasteiger partial charge is 0.478 e. The molecule has 2 aliphatic carbocycles. The third-order valence-electron chi connectivity index (χ3n) is 10.7. The monoisotopic (exact) mass is 836 g/mol. The zero-order valence-corrected chi connectivity index (χ0v) is 30.7. The average molecular weight is 837 g/mol. The van der Waals surface area contributed by atoms with Gasteiger partial charge in [0, 0.05) is 11.8 Å².